The Labute approximate surface area is 163 Å². The van der Waals surface area contributed by atoms with Gasteiger partial charge in [0, 0.05) is 5.02 Å². The number of benzene rings is 2. The Hall–Kier alpha value is -2.92. The molecule has 0 amide bonds. The molecular formula is C21H21ClO5. The number of halogens is 1. The minimum absolute atomic E-state index is 0.0377. The van der Waals surface area contributed by atoms with Crippen LogP contribution < -0.4 is 9.47 Å². The Balaban J connectivity index is 2.44. The summed E-state index contributed by atoms with van der Waals surface area (Å²) < 4.78 is 15.4. The first kappa shape index (κ1) is 20.4. The summed E-state index contributed by atoms with van der Waals surface area (Å²) in [5.41, 5.74) is 3.40. The summed E-state index contributed by atoms with van der Waals surface area (Å²) in [5.74, 6) is 1.20. The summed E-state index contributed by atoms with van der Waals surface area (Å²) in [6, 6.07) is 12.9. The van der Waals surface area contributed by atoms with Gasteiger partial charge in [0.2, 0.25) is 0 Å². The number of ether oxygens (including phenoxy) is 3. The van der Waals surface area contributed by atoms with Crippen molar-refractivity contribution in [3.8, 4) is 11.5 Å². The Morgan fingerprint density at radius 3 is 2.33 bits per heavy atom. The predicted octanol–water partition coefficient (Wildman–Crippen LogP) is 5.54. The van der Waals surface area contributed by atoms with Crippen molar-refractivity contribution in [2.75, 3.05) is 20.8 Å². The Kier molecular flexibility index (Phi) is 7.32. The third kappa shape index (κ3) is 5.79. The van der Waals surface area contributed by atoms with E-state index in [0.717, 1.165) is 22.3 Å². The van der Waals surface area contributed by atoms with Gasteiger partial charge in [-0.2, -0.15) is 0 Å². The molecule has 0 aromatic heterocycles. The molecule has 6 heteroatoms. The van der Waals surface area contributed by atoms with E-state index in [9.17, 15) is 4.79 Å². The van der Waals surface area contributed by atoms with E-state index in [-0.39, 0.29) is 6.61 Å². The lowest BCUT2D eigenvalue weighted by Crippen LogP contribution is -2.04. The fourth-order valence-corrected chi connectivity index (χ4v) is 2.62. The summed E-state index contributed by atoms with van der Waals surface area (Å²) in [5, 5.41) is 9.45. The van der Waals surface area contributed by atoms with Crippen molar-refractivity contribution in [2.45, 2.75) is 6.92 Å². The molecule has 0 unspecified atom stereocenters. The van der Waals surface area contributed by atoms with Gasteiger partial charge in [0.1, 0.15) is 6.61 Å². The smallest absolute Gasteiger partial charge is 0.493 e. The SMILES string of the molecule is COc1ccc(C(C=Cc2ccc(Cl)cc2)=C(C)COC(=O)O)cc1OC. The molecular weight excluding hydrogens is 368 g/mol. The molecule has 0 fully saturated rings. The molecule has 27 heavy (non-hydrogen) atoms. The number of carboxylic acid groups (broad SMARTS) is 1. The number of carbonyl (C=O) groups is 1. The van der Waals surface area contributed by atoms with E-state index in [1.54, 1.807) is 32.4 Å². The molecule has 142 valence electrons. The van der Waals surface area contributed by atoms with E-state index in [1.807, 2.05) is 43.3 Å². The standard InChI is InChI=1S/C21H21ClO5/c1-14(13-27-21(23)24)18(10-6-15-4-8-17(22)9-5-15)16-7-11-19(25-2)20(12-16)26-3/h4-12H,13H2,1-3H3,(H,23,24). The van der Waals surface area contributed by atoms with Gasteiger partial charge in [-0.25, -0.2) is 4.79 Å². The van der Waals surface area contributed by atoms with Crippen molar-refractivity contribution in [3.63, 3.8) is 0 Å². The van der Waals surface area contributed by atoms with E-state index < -0.39 is 6.16 Å². The maximum Gasteiger partial charge on any atom is 0.506 e. The monoisotopic (exact) mass is 388 g/mol. The van der Waals surface area contributed by atoms with Crippen molar-refractivity contribution in [1.29, 1.82) is 0 Å². The van der Waals surface area contributed by atoms with E-state index in [1.165, 1.54) is 0 Å². The average molecular weight is 389 g/mol. The molecule has 2 rings (SSSR count). The highest BCUT2D eigenvalue weighted by molar-refractivity contribution is 6.30. The molecule has 0 atom stereocenters. The highest BCUT2D eigenvalue weighted by atomic mass is 35.5. The molecule has 5 nitrogen and oxygen atoms in total. The van der Waals surface area contributed by atoms with Gasteiger partial charge in [-0.05, 0) is 53.5 Å². The van der Waals surface area contributed by atoms with Crippen molar-refractivity contribution < 1.29 is 24.1 Å². The zero-order valence-electron chi connectivity index (χ0n) is 15.4. The van der Waals surface area contributed by atoms with Crippen LogP contribution >= 0.6 is 11.6 Å². The summed E-state index contributed by atoms with van der Waals surface area (Å²) in [4.78, 5) is 10.7. The summed E-state index contributed by atoms with van der Waals surface area (Å²) in [6.07, 6.45) is 2.51. The molecule has 0 aliphatic carbocycles. The van der Waals surface area contributed by atoms with Gasteiger partial charge in [0.15, 0.2) is 11.5 Å². The first-order valence-corrected chi connectivity index (χ1v) is 8.54. The zero-order chi connectivity index (χ0) is 19.8. The summed E-state index contributed by atoms with van der Waals surface area (Å²) in [6.45, 7) is 1.78. The molecule has 0 saturated heterocycles. The van der Waals surface area contributed by atoms with Crippen LogP contribution in [0.3, 0.4) is 0 Å². The molecule has 0 spiro atoms. The van der Waals surface area contributed by atoms with Crippen molar-refractivity contribution >= 4 is 29.4 Å². The molecule has 1 N–H and O–H groups in total. The third-order valence-electron chi connectivity index (χ3n) is 3.88. The van der Waals surface area contributed by atoms with Crippen LogP contribution in [0.4, 0.5) is 4.79 Å². The van der Waals surface area contributed by atoms with Crippen molar-refractivity contribution in [1.82, 2.24) is 0 Å². The van der Waals surface area contributed by atoms with Crippen LogP contribution in [0.1, 0.15) is 18.1 Å². The van der Waals surface area contributed by atoms with Crippen LogP contribution in [0.25, 0.3) is 11.6 Å². The van der Waals surface area contributed by atoms with Gasteiger partial charge >= 0.3 is 6.16 Å². The number of methoxy groups -OCH3 is 2. The fourth-order valence-electron chi connectivity index (χ4n) is 2.49. The van der Waals surface area contributed by atoms with E-state index >= 15 is 0 Å². The molecule has 0 radical (unpaired) electrons. The lowest BCUT2D eigenvalue weighted by Gasteiger charge is -2.13. The molecule has 0 aliphatic rings. The molecule has 0 bridgehead atoms. The Morgan fingerprint density at radius 1 is 1.07 bits per heavy atom. The van der Waals surface area contributed by atoms with Gasteiger partial charge in [-0.1, -0.05) is 42.0 Å². The first-order chi connectivity index (χ1) is 12.9. The van der Waals surface area contributed by atoms with Crippen LogP contribution in [-0.2, 0) is 4.74 Å². The second kappa shape index (κ2) is 9.69. The second-order valence-corrected chi connectivity index (χ2v) is 6.14. The number of hydrogen-bond acceptors (Lipinski definition) is 4. The first-order valence-electron chi connectivity index (χ1n) is 8.16. The predicted molar refractivity (Wildman–Crippen MR) is 107 cm³/mol. The lowest BCUT2D eigenvalue weighted by molar-refractivity contribution is 0.0998. The van der Waals surface area contributed by atoms with Crippen molar-refractivity contribution in [2.24, 2.45) is 0 Å². The summed E-state index contributed by atoms with van der Waals surface area (Å²) in [7, 11) is 3.13. The van der Waals surface area contributed by atoms with Crippen LogP contribution in [0.15, 0.2) is 54.1 Å². The normalized spacial score (nSPS) is 11.9. The molecule has 0 aliphatic heterocycles. The topological polar surface area (TPSA) is 65.0 Å². The molecule has 0 heterocycles. The maximum absolute atomic E-state index is 10.7. The minimum Gasteiger partial charge on any atom is -0.493 e. The number of rotatable bonds is 7. The molecule has 2 aromatic rings. The largest absolute Gasteiger partial charge is 0.506 e. The van der Waals surface area contributed by atoms with Gasteiger partial charge < -0.3 is 19.3 Å². The van der Waals surface area contributed by atoms with E-state index in [4.69, 9.17) is 30.9 Å². The van der Waals surface area contributed by atoms with E-state index in [2.05, 4.69) is 0 Å². The third-order valence-corrected chi connectivity index (χ3v) is 4.13. The minimum atomic E-state index is -1.32. The quantitative estimate of drug-likeness (QED) is 0.498. The Bertz CT molecular complexity index is 853. The maximum atomic E-state index is 10.7. The van der Waals surface area contributed by atoms with Crippen LogP contribution in [-0.4, -0.2) is 32.1 Å². The molecule has 0 saturated carbocycles. The number of hydrogen-bond donors (Lipinski definition) is 1. The zero-order valence-corrected chi connectivity index (χ0v) is 16.1. The van der Waals surface area contributed by atoms with E-state index in [0.29, 0.717) is 16.5 Å². The highest BCUT2D eigenvalue weighted by Crippen LogP contribution is 2.32. The lowest BCUT2D eigenvalue weighted by atomic mass is 9.99. The highest BCUT2D eigenvalue weighted by Gasteiger charge is 2.10. The van der Waals surface area contributed by atoms with Crippen molar-refractivity contribution in [3.05, 3.63) is 70.3 Å². The van der Waals surface area contributed by atoms with Crippen LogP contribution in [0.2, 0.25) is 5.02 Å². The van der Waals surface area contributed by atoms with Gasteiger partial charge in [0.25, 0.3) is 0 Å². The summed E-state index contributed by atoms with van der Waals surface area (Å²) >= 11 is 5.92. The fraction of sp³-hybridized carbons (Fsp3) is 0.190. The van der Waals surface area contributed by atoms with Crippen LogP contribution in [0.5, 0.6) is 11.5 Å². The second-order valence-electron chi connectivity index (χ2n) is 5.70. The van der Waals surface area contributed by atoms with Gasteiger partial charge in [-0.15, -0.1) is 0 Å². The molecule has 2 aromatic carbocycles. The van der Waals surface area contributed by atoms with Gasteiger partial charge in [0.05, 0.1) is 14.2 Å². The Morgan fingerprint density at radius 2 is 1.74 bits per heavy atom. The number of allylic oxidation sites excluding steroid dienone is 2. The average Bonchev–Trinajstić information content (AvgIpc) is 2.67. The van der Waals surface area contributed by atoms with Gasteiger partial charge in [-0.3, -0.25) is 0 Å². The van der Waals surface area contributed by atoms with Crippen LogP contribution in [0, 0.1) is 0 Å².